The number of nitrogens with zero attached hydrogens (tertiary/aromatic N) is 1. The van der Waals surface area contributed by atoms with Crippen LogP contribution in [0, 0.1) is 0 Å². The highest BCUT2D eigenvalue weighted by Gasteiger charge is 2.03. The van der Waals surface area contributed by atoms with E-state index in [9.17, 15) is 4.79 Å². The molecule has 1 saturated heterocycles. The van der Waals surface area contributed by atoms with Gasteiger partial charge in [-0.1, -0.05) is 0 Å². The lowest BCUT2D eigenvalue weighted by Crippen LogP contribution is -2.41. The van der Waals surface area contributed by atoms with Crippen LogP contribution in [0.4, 0.5) is 0 Å². The van der Waals surface area contributed by atoms with Crippen molar-refractivity contribution in [1.29, 1.82) is 0 Å². The van der Waals surface area contributed by atoms with Crippen LogP contribution >= 0.6 is 0 Å². The molecule has 0 unspecified atom stereocenters. The quantitative estimate of drug-likeness (QED) is 0.498. The van der Waals surface area contributed by atoms with Crippen molar-refractivity contribution in [2.75, 3.05) is 26.2 Å². The van der Waals surface area contributed by atoms with Gasteiger partial charge in [-0.05, 0) is 0 Å². The van der Waals surface area contributed by atoms with Gasteiger partial charge in [0.05, 0.1) is 0 Å². The van der Waals surface area contributed by atoms with Gasteiger partial charge in [-0.2, -0.15) is 5.06 Å². The molecule has 0 spiro atoms. The number of H-pyrrole nitrogens is 1. The van der Waals surface area contributed by atoms with Gasteiger partial charge in [0.1, 0.15) is 6.26 Å². The highest BCUT2D eigenvalue weighted by molar-refractivity contribution is 4.59. The van der Waals surface area contributed by atoms with Crippen molar-refractivity contribution in [3.8, 4) is 0 Å². The van der Waals surface area contributed by atoms with E-state index in [-0.39, 0.29) is 0 Å². The van der Waals surface area contributed by atoms with Gasteiger partial charge in [0.15, 0.2) is 0 Å². The summed E-state index contributed by atoms with van der Waals surface area (Å²) in [7, 11) is 0. The van der Waals surface area contributed by atoms with Crippen LogP contribution in [-0.2, 0) is 0 Å². The molecule has 74 valence electrons. The predicted molar refractivity (Wildman–Crippen MR) is 45.6 cm³/mol. The second kappa shape index (κ2) is 5.52. The molecular weight excluding hydrogens is 174 g/mol. The number of hydroxylamine groups is 2. The molecule has 0 bridgehead atoms. The molecule has 0 aliphatic carbocycles. The van der Waals surface area contributed by atoms with Gasteiger partial charge in [-0.15, -0.1) is 0 Å². The van der Waals surface area contributed by atoms with E-state index in [1.807, 2.05) is 0 Å². The lowest BCUT2D eigenvalue weighted by molar-refractivity contribution is -0.0976. The molecule has 1 fully saturated rings. The van der Waals surface area contributed by atoms with Crippen LogP contribution in [-0.4, -0.2) is 41.4 Å². The summed E-state index contributed by atoms with van der Waals surface area (Å²) < 4.78 is 4.22. The molecule has 1 aromatic heterocycles. The summed E-state index contributed by atoms with van der Waals surface area (Å²) in [6, 6.07) is 0. The van der Waals surface area contributed by atoms with Crippen LogP contribution < -0.4 is 11.1 Å². The van der Waals surface area contributed by atoms with Crippen molar-refractivity contribution in [2.45, 2.75) is 0 Å². The first-order valence-corrected chi connectivity index (χ1v) is 4.06. The van der Waals surface area contributed by atoms with Crippen LogP contribution in [0.5, 0.6) is 0 Å². The van der Waals surface area contributed by atoms with Gasteiger partial charge in [0.25, 0.3) is 0 Å². The molecule has 0 amide bonds. The zero-order valence-corrected chi connectivity index (χ0v) is 7.19. The van der Waals surface area contributed by atoms with E-state index in [1.54, 1.807) is 0 Å². The van der Waals surface area contributed by atoms with E-state index in [0.717, 1.165) is 26.2 Å². The fourth-order valence-electron chi connectivity index (χ4n) is 0.885. The number of aromatic amines is 1. The fraction of sp³-hybridized carbons (Fsp3) is 0.571. The number of hydrogen-bond donors (Lipinski definition) is 3. The number of aromatic nitrogens is 1. The van der Waals surface area contributed by atoms with E-state index in [2.05, 4.69) is 14.7 Å². The molecule has 6 nitrogen and oxygen atoms in total. The zero-order chi connectivity index (χ0) is 9.52. The Labute approximate surface area is 75.1 Å². The molecule has 1 aliphatic heterocycles. The third-order valence-corrected chi connectivity index (χ3v) is 1.54. The highest BCUT2D eigenvalue weighted by Crippen LogP contribution is 1.82. The molecule has 2 heterocycles. The lowest BCUT2D eigenvalue weighted by Gasteiger charge is -2.19. The molecule has 1 aliphatic rings. The summed E-state index contributed by atoms with van der Waals surface area (Å²) in [5.41, 5.74) is 0. The van der Waals surface area contributed by atoms with E-state index in [0.29, 0.717) is 0 Å². The SMILES string of the molecule is O=c1[nH]cco1.ON1CCNCC1. The first kappa shape index (κ1) is 9.97. The minimum absolute atomic E-state index is 0.407. The van der Waals surface area contributed by atoms with Gasteiger partial charge < -0.3 is 14.9 Å². The Morgan fingerprint density at radius 1 is 1.46 bits per heavy atom. The molecule has 0 atom stereocenters. The van der Waals surface area contributed by atoms with Crippen molar-refractivity contribution < 1.29 is 9.62 Å². The minimum atomic E-state index is -0.407. The molecular formula is C7H13N3O3. The summed E-state index contributed by atoms with van der Waals surface area (Å²) in [6.07, 6.45) is 2.73. The smallest absolute Gasteiger partial charge is 0.416 e. The summed E-state index contributed by atoms with van der Waals surface area (Å²) in [6.45, 7) is 3.35. The standard InChI is InChI=1S/C4H10N2O.C3H3NO2/c7-6-3-1-5-2-4-6;5-3-4-1-2-6-3/h5,7H,1-4H2;1-2H,(H,4,5). The summed E-state index contributed by atoms with van der Waals surface area (Å²) >= 11 is 0. The topological polar surface area (TPSA) is 81.5 Å². The highest BCUT2D eigenvalue weighted by atomic mass is 16.5. The summed E-state index contributed by atoms with van der Waals surface area (Å²) in [5, 5.41) is 13.1. The average molecular weight is 187 g/mol. The first-order valence-electron chi connectivity index (χ1n) is 4.06. The Bertz CT molecular complexity index is 247. The van der Waals surface area contributed by atoms with Crippen molar-refractivity contribution in [3.05, 3.63) is 23.0 Å². The van der Waals surface area contributed by atoms with Crippen LogP contribution in [0.1, 0.15) is 0 Å². The van der Waals surface area contributed by atoms with Crippen LogP contribution in [0.15, 0.2) is 21.7 Å². The molecule has 0 saturated carbocycles. The molecule has 2 rings (SSSR count). The molecule has 0 aromatic carbocycles. The van der Waals surface area contributed by atoms with Gasteiger partial charge >= 0.3 is 5.76 Å². The van der Waals surface area contributed by atoms with Crippen molar-refractivity contribution in [1.82, 2.24) is 15.4 Å². The third-order valence-electron chi connectivity index (χ3n) is 1.54. The number of oxazole rings is 1. The third kappa shape index (κ3) is 4.46. The Kier molecular flexibility index (Phi) is 4.24. The molecule has 6 heteroatoms. The number of piperazine rings is 1. The molecule has 3 N–H and O–H groups in total. The van der Waals surface area contributed by atoms with Gasteiger partial charge in [0.2, 0.25) is 0 Å². The molecule has 0 radical (unpaired) electrons. The van der Waals surface area contributed by atoms with E-state index >= 15 is 0 Å². The fourth-order valence-corrected chi connectivity index (χ4v) is 0.885. The summed E-state index contributed by atoms with van der Waals surface area (Å²) in [4.78, 5) is 12.1. The van der Waals surface area contributed by atoms with Crippen molar-refractivity contribution in [2.24, 2.45) is 0 Å². The summed E-state index contributed by atoms with van der Waals surface area (Å²) in [5.74, 6) is -0.407. The van der Waals surface area contributed by atoms with Crippen molar-refractivity contribution in [3.63, 3.8) is 0 Å². The van der Waals surface area contributed by atoms with Gasteiger partial charge in [-0.3, -0.25) is 4.98 Å². The molecule has 1 aromatic rings. The van der Waals surface area contributed by atoms with Crippen LogP contribution in [0.3, 0.4) is 0 Å². The predicted octanol–water partition coefficient (Wildman–Crippen LogP) is -0.751. The normalized spacial score (nSPS) is 17.6. The Hall–Kier alpha value is -1.11. The number of rotatable bonds is 0. The Balaban J connectivity index is 0.000000132. The lowest BCUT2D eigenvalue weighted by atomic mass is 10.4. The van der Waals surface area contributed by atoms with Crippen LogP contribution in [0.25, 0.3) is 0 Å². The van der Waals surface area contributed by atoms with Crippen molar-refractivity contribution >= 4 is 0 Å². The minimum Gasteiger partial charge on any atom is -0.417 e. The van der Waals surface area contributed by atoms with Crippen LogP contribution in [0.2, 0.25) is 0 Å². The Morgan fingerprint density at radius 3 is 2.38 bits per heavy atom. The second-order valence-corrected chi connectivity index (χ2v) is 2.56. The van der Waals surface area contributed by atoms with Gasteiger partial charge in [0, 0.05) is 32.4 Å². The number of nitrogens with one attached hydrogen (secondary N) is 2. The van der Waals surface area contributed by atoms with E-state index < -0.39 is 5.76 Å². The maximum absolute atomic E-state index is 9.85. The van der Waals surface area contributed by atoms with E-state index in [1.165, 1.54) is 17.5 Å². The Morgan fingerprint density at radius 2 is 2.15 bits per heavy atom. The monoisotopic (exact) mass is 187 g/mol. The zero-order valence-electron chi connectivity index (χ0n) is 7.19. The largest absolute Gasteiger partial charge is 0.417 e. The average Bonchev–Trinajstić information content (AvgIpc) is 2.58. The van der Waals surface area contributed by atoms with E-state index in [4.69, 9.17) is 5.21 Å². The van der Waals surface area contributed by atoms with Gasteiger partial charge in [-0.25, -0.2) is 4.79 Å². The maximum Gasteiger partial charge on any atom is 0.416 e. The maximum atomic E-state index is 9.85. The first-order chi connectivity index (χ1) is 6.29. The molecule has 13 heavy (non-hydrogen) atoms. The number of hydrogen-bond acceptors (Lipinski definition) is 5. The second-order valence-electron chi connectivity index (χ2n) is 2.56.